The van der Waals surface area contributed by atoms with Gasteiger partial charge in [-0.3, -0.25) is 0 Å². The van der Waals surface area contributed by atoms with Gasteiger partial charge in [-0.1, -0.05) is 0 Å². The van der Waals surface area contributed by atoms with Crippen LogP contribution in [-0.2, 0) is 7.48 Å². The third kappa shape index (κ3) is 5.12. The van der Waals surface area contributed by atoms with E-state index in [0.29, 0.717) is 0 Å². The molecule has 0 heterocycles. The number of hydrogen-bond acceptors (Lipinski definition) is 2. The first-order valence-corrected chi connectivity index (χ1v) is 13.8. The van der Waals surface area contributed by atoms with Crippen molar-refractivity contribution in [1.29, 1.82) is 0 Å². The molecule has 0 amide bonds. The van der Waals surface area contributed by atoms with Gasteiger partial charge in [0.15, 0.2) is 0 Å². The van der Waals surface area contributed by atoms with Gasteiger partial charge < -0.3 is 0 Å². The van der Waals surface area contributed by atoms with Crippen LogP contribution in [0, 0.1) is 0 Å². The maximum absolute atomic E-state index is 9.87. The van der Waals surface area contributed by atoms with E-state index in [1.807, 2.05) is 0 Å². The van der Waals surface area contributed by atoms with Crippen molar-refractivity contribution in [2.75, 3.05) is 0 Å². The summed E-state index contributed by atoms with van der Waals surface area (Å²) in [7, 11) is 0. The van der Waals surface area contributed by atoms with Crippen LogP contribution in [0.2, 0.25) is 0 Å². The third-order valence-electron chi connectivity index (χ3n) is 0.182. The second kappa shape index (κ2) is 4.29. The fourth-order valence-electron chi connectivity index (χ4n) is 0.0543. The molecule has 0 spiro atoms. The molecule has 0 bridgehead atoms. The first kappa shape index (κ1) is 7.12. The second-order valence-corrected chi connectivity index (χ2v) is 5.93. The Morgan fingerprint density at radius 1 is 2.00 bits per heavy atom. The molecule has 0 atom stereocenters. The molecule has 0 rings (SSSR count). The average Bonchev–Trinajstić information content (AvgIpc) is 1.35. The summed E-state index contributed by atoms with van der Waals surface area (Å²) in [4.78, 5) is 9.87. The Kier molecular flexibility index (Phi) is 5.09. The average molecular weight is 393 g/mol. The van der Waals surface area contributed by atoms with Gasteiger partial charge in [0.1, 0.15) is 0 Å². The number of rotatable bonds is 1. The molecule has 34 valence electrons. The van der Waals surface area contributed by atoms with E-state index in [2.05, 4.69) is 20.4 Å². The van der Waals surface area contributed by atoms with Gasteiger partial charge >= 0.3 is 58.5 Å². The fourth-order valence-corrected chi connectivity index (χ4v) is 3.20. The number of carbonyl (C=O) groups is 1. The zero-order valence-electron chi connectivity index (χ0n) is 3.19. The Bertz CT molecular complexity index is 55.5. The molecule has 2 nitrogen and oxygen atoms in total. The predicted molar refractivity (Wildman–Crippen MR) is 31.5 cm³/mol. The van der Waals surface area contributed by atoms with E-state index in [9.17, 15) is 4.79 Å². The van der Waals surface area contributed by atoms with E-state index >= 15 is 0 Å². The molecule has 0 N–H and O–H groups in total. The first-order chi connectivity index (χ1) is 2.77. The Morgan fingerprint density at radius 3 is 2.50 bits per heavy atom. The van der Waals surface area contributed by atoms with Crippen LogP contribution in [0.15, 0.2) is 0 Å². The molecular formula is C2H3IO2Pb. The summed E-state index contributed by atoms with van der Waals surface area (Å²) in [6.45, 7) is 1.44. The molecule has 6 heavy (non-hydrogen) atoms. The summed E-state index contributed by atoms with van der Waals surface area (Å²) >= 11 is 1.26. The standard InChI is InChI=1S/C2H4O2.HI.Pb/c1-2(3)4;;/h1H3,(H,3,4);1H;/q;;+2/p-2. The Balaban J connectivity index is 2.83. The van der Waals surface area contributed by atoms with Crippen LogP contribution in [0.5, 0.6) is 0 Å². The van der Waals surface area contributed by atoms with Crippen LogP contribution >= 0.6 is 17.8 Å². The summed E-state index contributed by atoms with van der Waals surface area (Å²) in [6, 6.07) is 0. The Hall–Kier alpha value is 1.12. The van der Waals surface area contributed by atoms with Gasteiger partial charge in [0.2, 0.25) is 0 Å². The Labute approximate surface area is 57.9 Å². The molecular weight excluding hydrogens is 390 g/mol. The van der Waals surface area contributed by atoms with Crippen LogP contribution < -0.4 is 0 Å². The summed E-state index contributed by atoms with van der Waals surface area (Å²) in [5.41, 5.74) is 0. The molecule has 0 aliphatic heterocycles. The SMILES string of the molecule is CC(=O)[O][Pb][I]. The molecule has 0 aromatic carbocycles. The van der Waals surface area contributed by atoms with Crippen LogP contribution in [0.3, 0.4) is 0 Å². The topological polar surface area (TPSA) is 26.3 Å². The quantitative estimate of drug-likeness (QED) is 0.480. The van der Waals surface area contributed by atoms with E-state index in [0.717, 1.165) is 0 Å². The van der Waals surface area contributed by atoms with E-state index in [4.69, 9.17) is 0 Å². The molecule has 0 aliphatic carbocycles. The first-order valence-electron chi connectivity index (χ1n) is 1.30. The fraction of sp³-hybridized carbons (Fsp3) is 0.500. The van der Waals surface area contributed by atoms with Crippen molar-refractivity contribution >= 4 is 44.1 Å². The van der Waals surface area contributed by atoms with Crippen molar-refractivity contribution in [3.05, 3.63) is 0 Å². The van der Waals surface area contributed by atoms with Crippen molar-refractivity contribution in [3.8, 4) is 0 Å². The van der Waals surface area contributed by atoms with Crippen LogP contribution in [-0.4, -0.2) is 26.4 Å². The summed E-state index contributed by atoms with van der Waals surface area (Å²) in [5.74, 6) is -0.132. The van der Waals surface area contributed by atoms with Crippen LogP contribution in [0.25, 0.3) is 0 Å². The van der Waals surface area contributed by atoms with Gasteiger partial charge in [-0.2, -0.15) is 0 Å². The van der Waals surface area contributed by atoms with Gasteiger partial charge in [-0.25, -0.2) is 0 Å². The van der Waals surface area contributed by atoms with Gasteiger partial charge in [-0.05, 0) is 0 Å². The maximum atomic E-state index is 9.87. The van der Waals surface area contributed by atoms with E-state index < -0.39 is 20.4 Å². The van der Waals surface area contributed by atoms with Crippen LogP contribution in [0.4, 0.5) is 0 Å². The van der Waals surface area contributed by atoms with Gasteiger partial charge in [0.25, 0.3) is 0 Å². The van der Waals surface area contributed by atoms with Gasteiger partial charge in [-0.15, -0.1) is 0 Å². The molecule has 0 unspecified atom stereocenters. The molecule has 0 saturated carbocycles. The predicted octanol–water partition coefficient (Wildman–Crippen LogP) is 0.519. The zero-order chi connectivity index (χ0) is 4.99. The summed E-state index contributed by atoms with van der Waals surface area (Å²) in [5, 5.41) is 0. The van der Waals surface area contributed by atoms with Gasteiger partial charge in [0, 0.05) is 0 Å². The van der Waals surface area contributed by atoms with Gasteiger partial charge in [0.05, 0.1) is 0 Å². The van der Waals surface area contributed by atoms with Crippen molar-refractivity contribution < 1.29 is 7.48 Å². The summed E-state index contributed by atoms with van der Waals surface area (Å²) < 4.78 is 4.58. The molecule has 0 aliphatic rings. The molecule has 4 heteroatoms. The minimum atomic E-state index is -0.899. The van der Waals surface area contributed by atoms with Crippen molar-refractivity contribution in [2.45, 2.75) is 6.92 Å². The molecule has 2 radical (unpaired) electrons. The molecule has 0 aromatic heterocycles. The number of hydrogen-bond donors (Lipinski definition) is 0. The second-order valence-electron chi connectivity index (χ2n) is 0.671. The van der Waals surface area contributed by atoms with E-state index in [1.54, 1.807) is 0 Å². The number of carbonyl (C=O) groups excluding carboxylic acids is 1. The zero-order valence-corrected chi connectivity index (χ0v) is 9.24. The number of halogens is 1. The monoisotopic (exact) mass is 394 g/mol. The van der Waals surface area contributed by atoms with Crippen LogP contribution in [0.1, 0.15) is 6.92 Å². The Morgan fingerprint density at radius 2 is 2.50 bits per heavy atom. The van der Waals surface area contributed by atoms with Crippen molar-refractivity contribution in [3.63, 3.8) is 0 Å². The minimum absolute atomic E-state index is 0.132. The molecule has 0 fully saturated rings. The van der Waals surface area contributed by atoms with Crippen molar-refractivity contribution in [1.82, 2.24) is 0 Å². The summed E-state index contributed by atoms with van der Waals surface area (Å²) in [6.07, 6.45) is 0. The molecule has 0 aromatic rings. The normalized spacial score (nSPS) is 7.67. The van der Waals surface area contributed by atoms with Crippen molar-refractivity contribution in [2.24, 2.45) is 0 Å². The van der Waals surface area contributed by atoms with E-state index in [1.165, 1.54) is 6.92 Å². The van der Waals surface area contributed by atoms with E-state index in [-0.39, 0.29) is 5.97 Å². The third-order valence-corrected chi connectivity index (χ3v) is 3.53. The molecule has 0 saturated heterocycles.